The van der Waals surface area contributed by atoms with Crippen LogP contribution in [0.1, 0.15) is 48.8 Å². The molecule has 5 rings (SSSR count). The van der Waals surface area contributed by atoms with Crippen LogP contribution in [0.4, 0.5) is 5.69 Å². The normalized spacial score (nSPS) is 20.9. The van der Waals surface area contributed by atoms with Crippen LogP contribution in [0.15, 0.2) is 36.5 Å². The first-order valence-corrected chi connectivity index (χ1v) is 10.5. The summed E-state index contributed by atoms with van der Waals surface area (Å²) in [6.45, 7) is 7.39. The molecule has 0 bridgehead atoms. The highest BCUT2D eigenvalue weighted by atomic mass is 15.3. The molecule has 6 heteroatoms. The number of aromatic nitrogens is 4. The van der Waals surface area contributed by atoms with Gasteiger partial charge in [-0.05, 0) is 63.4 Å². The van der Waals surface area contributed by atoms with Crippen molar-refractivity contribution in [1.29, 1.82) is 0 Å². The summed E-state index contributed by atoms with van der Waals surface area (Å²) in [5.74, 6) is 1.38. The third kappa shape index (κ3) is 3.61. The standard InChI is InChI=1S/C22H28N6/c1-17-6-4-8-19(23-17)15-26-11-5-7-18(14-26)22-24-21-10-9-20(16-28(21)25-22)27-12-2-3-13-27/h4,6,8-10,16,18H,2-3,5,7,11-15H2,1H3/t18-/m1/s1. The number of hydrogen-bond donors (Lipinski definition) is 0. The zero-order valence-electron chi connectivity index (χ0n) is 16.6. The van der Waals surface area contributed by atoms with Gasteiger partial charge in [0.25, 0.3) is 0 Å². The summed E-state index contributed by atoms with van der Waals surface area (Å²) in [7, 11) is 0. The molecule has 1 atom stereocenters. The van der Waals surface area contributed by atoms with Gasteiger partial charge >= 0.3 is 0 Å². The molecule has 0 saturated carbocycles. The Balaban J connectivity index is 1.32. The summed E-state index contributed by atoms with van der Waals surface area (Å²) in [5.41, 5.74) is 4.45. The van der Waals surface area contributed by atoms with Gasteiger partial charge in [-0.25, -0.2) is 9.50 Å². The highest BCUT2D eigenvalue weighted by Gasteiger charge is 2.25. The van der Waals surface area contributed by atoms with E-state index in [-0.39, 0.29) is 0 Å². The van der Waals surface area contributed by atoms with Crippen molar-refractivity contribution in [1.82, 2.24) is 24.5 Å². The number of nitrogens with zero attached hydrogens (tertiary/aromatic N) is 6. The maximum absolute atomic E-state index is 4.86. The Morgan fingerprint density at radius 1 is 1.00 bits per heavy atom. The lowest BCUT2D eigenvalue weighted by atomic mass is 9.97. The number of hydrogen-bond acceptors (Lipinski definition) is 5. The van der Waals surface area contributed by atoms with Crippen molar-refractivity contribution in [2.24, 2.45) is 0 Å². The zero-order valence-corrected chi connectivity index (χ0v) is 16.6. The van der Waals surface area contributed by atoms with E-state index < -0.39 is 0 Å². The van der Waals surface area contributed by atoms with E-state index in [1.54, 1.807) is 0 Å². The number of piperidine rings is 1. The molecule has 0 aromatic carbocycles. The molecule has 2 saturated heterocycles. The second-order valence-corrected chi connectivity index (χ2v) is 8.20. The van der Waals surface area contributed by atoms with Crippen LogP contribution < -0.4 is 4.90 Å². The van der Waals surface area contributed by atoms with Crippen LogP contribution in [-0.4, -0.2) is 50.7 Å². The molecular formula is C22H28N6. The Morgan fingerprint density at radius 3 is 2.75 bits per heavy atom. The van der Waals surface area contributed by atoms with Crippen LogP contribution in [0.2, 0.25) is 0 Å². The predicted molar refractivity (Wildman–Crippen MR) is 111 cm³/mol. The monoisotopic (exact) mass is 376 g/mol. The van der Waals surface area contributed by atoms with Crippen molar-refractivity contribution in [3.05, 3.63) is 53.7 Å². The van der Waals surface area contributed by atoms with E-state index >= 15 is 0 Å². The van der Waals surface area contributed by atoms with Crippen molar-refractivity contribution in [2.45, 2.75) is 45.1 Å². The molecule has 0 spiro atoms. The number of rotatable bonds is 4. The predicted octanol–water partition coefficient (Wildman–Crippen LogP) is 3.41. The van der Waals surface area contributed by atoms with Crippen LogP contribution in [0, 0.1) is 6.92 Å². The van der Waals surface area contributed by atoms with Gasteiger partial charge in [-0.1, -0.05) is 6.07 Å². The van der Waals surface area contributed by atoms with Gasteiger partial charge in [-0.15, -0.1) is 0 Å². The second-order valence-electron chi connectivity index (χ2n) is 8.20. The van der Waals surface area contributed by atoms with Crippen LogP contribution in [0.5, 0.6) is 0 Å². The molecule has 146 valence electrons. The number of likely N-dealkylation sites (tertiary alicyclic amines) is 1. The molecule has 0 N–H and O–H groups in total. The Kier molecular flexibility index (Phi) is 4.72. The van der Waals surface area contributed by atoms with E-state index in [2.05, 4.69) is 58.2 Å². The minimum atomic E-state index is 0.397. The van der Waals surface area contributed by atoms with E-state index in [4.69, 9.17) is 10.1 Å². The lowest BCUT2D eigenvalue weighted by Gasteiger charge is -2.31. The molecule has 2 aliphatic heterocycles. The van der Waals surface area contributed by atoms with E-state index in [9.17, 15) is 0 Å². The first-order chi connectivity index (χ1) is 13.7. The van der Waals surface area contributed by atoms with Crippen molar-refractivity contribution in [2.75, 3.05) is 31.1 Å². The van der Waals surface area contributed by atoms with E-state index in [1.165, 1.54) is 24.9 Å². The summed E-state index contributed by atoms with van der Waals surface area (Å²) in [6, 6.07) is 10.6. The van der Waals surface area contributed by atoms with Gasteiger partial charge in [0, 0.05) is 37.8 Å². The third-order valence-corrected chi connectivity index (χ3v) is 6.01. The highest BCUT2D eigenvalue weighted by molar-refractivity contribution is 5.51. The lowest BCUT2D eigenvalue weighted by Crippen LogP contribution is -2.34. The molecule has 0 amide bonds. The Bertz CT molecular complexity index is 959. The number of fused-ring (bicyclic) bond motifs is 1. The molecule has 0 unspecified atom stereocenters. The average Bonchev–Trinajstić information content (AvgIpc) is 3.37. The molecule has 0 radical (unpaired) electrons. The molecule has 3 aromatic heterocycles. The highest BCUT2D eigenvalue weighted by Crippen LogP contribution is 2.27. The molecule has 2 aliphatic rings. The van der Waals surface area contributed by atoms with Crippen LogP contribution in [0.3, 0.4) is 0 Å². The van der Waals surface area contributed by atoms with Gasteiger partial charge in [0.1, 0.15) is 0 Å². The topological polar surface area (TPSA) is 49.6 Å². The van der Waals surface area contributed by atoms with Gasteiger partial charge in [-0.2, -0.15) is 5.10 Å². The summed E-state index contributed by atoms with van der Waals surface area (Å²) in [4.78, 5) is 14.5. The summed E-state index contributed by atoms with van der Waals surface area (Å²) >= 11 is 0. The maximum atomic E-state index is 4.86. The third-order valence-electron chi connectivity index (χ3n) is 6.01. The first kappa shape index (κ1) is 17.6. The van der Waals surface area contributed by atoms with Crippen molar-refractivity contribution < 1.29 is 0 Å². The first-order valence-electron chi connectivity index (χ1n) is 10.5. The average molecular weight is 377 g/mol. The lowest BCUT2D eigenvalue weighted by molar-refractivity contribution is 0.194. The summed E-state index contributed by atoms with van der Waals surface area (Å²) in [6.07, 6.45) is 7.07. The quantitative estimate of drug-likeness (QED) is 0.698. The summed E-state index contributed by atoms with van der Waals surface area (Å²) in [5, 5.41) is 4.86. The fraction of sp³-hybridized carbons (Fsp3) is 0.500. The minimum Gasteiger partial charge on any atom is -0.370 e. The molecule has 5 heterocycles. The Labute approximate surface area is 166 Å². The van der Waals surface area contributed by atoms with Gasteiger partial charge in [-0.3, -0.25) is 9.88 Å². The molecule has 0 aliphatic carbocycles. The van der Waals surface area contributed by atoms with Crippen molar-refractivity contribution in [3.63, 3.8) is 0 Å². The summed E-state index contributed by atoms with van der Waals surface area (Å²) < 4.78 is 1.98. The van der Waals surface area contributed by atoms with Gasteiger partial charge in [0.05, 0.1) is 17.6 Å². The van der Waals surface area contributed by atoms with E-state index in [1.807, 2.05) is 4.52 Å². The van der Waals surface area contributed by atoms with E-state index in [0.717, 1.165) is 62.0 Å². The molecule has 28 heavy (non-hydrogen) atoms. The Hall–Kier alpha value is -2.47. The van der Waals surface area contributed by atoms with Crippen molar-refractivity contribution in [3.8, 4) is 0 Å². The maximum Gasteiger partial charge on any atom is 0.156 e. The van der Waals surface area contributed by atoms with Crippen LogP contribution in [0.25, 0.3) is 5.65 Å². The van der Waals surface area contributed by atoms with Crippen molar-refractivity contribution >= 4 is 11.3 Å². The van der Waals surface area contributed by atoms with Crippen LogP contribution in [-0.2, 0) is 6.54 Å². The molecule has 6 nitrogen and oxygen atoms in total. The van der Waals surface area contributed by atoms with Gasteiger partial charge in [0.15, 0.2) is 11.5 Å². The number of anilines is 1. The number of aryl methyl sites for hydroxylation is 1. The van der Waals surface area contributed by atoms with Gasteiger partial charge < -0.3 is 4.90 Å². The van der Waals surface area contributed by atoms with Crippen LogP contribution >= 0.6 is 0 Å². The zero-order chi connectivity index (χ0) is 18.9. The fourth-order valence-electron chi connectivity index (χ4n) is 4.55. The largest absolute Gasteiger partial charge is 0.370 e. The minimum absolute atomic E-state index is 0.397. The molecule has 2 fully saturated rings. The number of pyridine rings is 2. The molecule has 3 aromatic rings. The fourth-order valence-corrected chi connectivity index (χ4v) is 4.55. The SMILES string of the molecule is Cc1cccc(CN2CCC[C@@H](c3nc4ccc(N5CCCC5)cn4n3)C2)n1. The smallest absolute Gasteiger partial charge is 0.156 e. The Morgan fingerprint density at radius 2 is 1.89 bits per heavy atom. The molecular weight excluding hydrogens is 348 g/mol. The second kappa shape index (κ2) is 7.51. The van der Waals surface area contributed by atoms with E-state index in [0.29, 0.717) is 5.92 Å². The van der Waals surface area contributed by atoms with Gasteiger partial charge in [0.2, 0.25) is 0 Å².